The highest BCUT2D eigenvalue weighted by Gasteiger charge is 2.35. The smallest absolute Gasteiger partial charge is 0.211 e. The van der Waals surface area contributed by atoms with Crippen molar-refractivity contribution in [2.24, 2.45) is 0 Å². The highest BCUT2D eigenvalue weighted by molar-refractivity contribution is 5.97. The normalized spacial score (nSPS) is 19.2. The van der Waals surface area contributed by atoms with Crippen LogP contribution in [-0.2, 0) is 5.54 Å². The van der Waals surface area contributed by atoms with Gasteiger partial charge in [-0.3, -0.25) is 4.79 Å². The molecule has 0 atom stereocenters. The predicted molar refractivity (Wildman–Crippen MR) is 109 cm³/mol. The average molecular weight is 384 g/mol. The number of nitrogen functional groups attached to an aromatic ring is 1. The lowest BCUT2D eigenvalue weighted by molar-refractivity contribution is 0.263. The SMILES string of the molecule is CN1CCC(Nc2cc3c(c(N)c2F)c(=O)c(C#N)c2n3C(C)(C)CN2)CC1. The van der Waals surface area contributed by atoms with E-state index in [2.05, 4.69) is 22.6 Å². The molecule has 3 heterocycles. The van der Waals surface area contributed by atoms with Crippen LogP contribution >= 0.6 is 0 Å². The van der Waals surface area contributed by atoms with Gasteiger partial charge in [-0.25, -0.2) is 4.39 Å². The summed E-state index contributed by atoms with van der Waals surface area (Å²) in [6, 6.07) is 3.78. The number of nitrogens with zero attached hydrogens (tertiary/aromatic N) is 3. The Bertz CT molecular complexity index is 1060. The summed E-state index contributed by atoms with van der Waals surface area (Å²) in [4.78, 5) is 15.1. The number of nitrogens with one attached hydrogen (secondary N) is 2. The van der Waals surface area contributed by atoms with Crippen LogP contribution < -0.4 is 21.8 Å². The van der Waals surface area contributed by atoms with E-state index in [0.29, 0.717) is 23.6 Å². The zero-order valence-electron chi connectivity index (χ0n) is 16.4. The van der Waals surface area contributed by atoms with Gasteiger partial charge in [0.25, 0.3) is 0 Å². The summed E-state index contributed by atoms with van der Waals surface area (Å²) in [5.41, 5.74) is 5.79. The van der Waals surface area contributed by atoms with Crippen LogP contribution in [0.15, 0.2) is 10.9 Å². The van der Waals surface area contributed by atoms with Crippen molar-refractivity contribution in [3.8, 4) is 6.07 Å². The second-order valence-corrected chi connectivity index (χ2v) is 8.43. The summed E-state index contributed by atoms with van der Waals surface area (Å²) in [6.45, 7) is 6.46. The Morgan fingerprint density at radius 2 is 2.07 bits per heavy atom. The number of piperidine rings is 1. The van der Waals surface area contributed by atoms with E-state index >= 15 is 4.39 Å². The monoisotopic (exact) mass is 384 g/mol. The Balaban J connectivity index is 1.93. The number of fused-ring (bicyclic) bond motifs is 3. The van der Waals surface area contributed by atoms with E-state index in [9.17, 15) is 10.1 Å². The fourth-order valence-electron chi connectivity index (χ4n) is 4.30. The molecule has 1 aromatic carbocycles. The molecule has 0 aliphatic carbocycles. The molecule has 28 heavy (non-hydrogen) atoms. The summed E-state index contributed by atoms with van der Waals surface area (Å²) in [6.07, 6.45) is 1.82. The lowest BCUT2D eigenvalue weighted by Gasteiger charge is -2.31. The van der Waals surface area contributed by atoms with Crippen LogP contribution in [0.25, 0.3) is 10.9 Å². The van der Waals surface area contributed by atoms with Crippen LogP contribution in [0.2, 0.25) is 0 Å². The highest BCUT2D eigenvalue weighted by atomic mass is 19.1. The fourth-order valence-corrected chi connectivity index (χ4v) is 4.30. The molecule has 0 spiro atoms. The first-order valence-electron chi connectivity index (χ1n) is 9.55. The summed E-state index contributed by atoms with van der Waals surface area (Å²) in [5, 5.41) is 16.0. The molecule has 4 N–H and O–H groups in total. The van der Waals surface area contributed by atoms with Crippen molar-refractivity contribution in [3.63, 3.8) is 0 Å². The number of anilines is 3. The van der Waals surface area contributed by atoms with E-state index in [1.807, 2.05) is 24.5 Å². The van der Waals surface area contributed by atoms with Gasteiger partial charge in [0.05, 0.1) is 27.8 Å². The number of rotatable bonds is 2. The van der Waals surface area contributed by atoms with Crippen LogP contribution in [-0.4, -0.2) is 42.2 Å². The van der Waals surface area contributed by atoms with E-state index in [1.165, 1.54) is 0 Å². The molecule has 0 saturated carbocycles. The van der Waals surface area contributed by atoms with E-state index in [-0.39, 0.29) is 28.2 Å². The third kappa shape index (κ3) is 2.69. The maximum Gasteiger partial charge on any atom is 0.211 e. The van der Waals surface area contributed by atoms with Gasteiger partial charge < -0.3 is 25.8 Å². The third-order valence-corrected chi connectivity index (χ3v) is 5.92. The maximum absolute atomic E-state index is 15.1. The average Bonchev–Trinajstić information content (AvgIpc) is 2.96. The minimum Gasteiger partial charge on any atom is -0.396 e. The number of nitrogens with two attached hydrogens (primary N) is 1. The first kappa shape index (κ1) is 18.6. The van der Waals surface area contributed by atoms with Gasteiger partial charge in [-0.15, -0.1) is 0 Å². The van der Waals surface area contributed by atoms with Crippen molar-refractivity contribution in [1.29, 1.82) is 5.26 Å². The molecule has 7 nitrogen and oxygen atoms in total. The van der Waals surface area contributed by atoms with Crippen LogP contribution in [0, 0.1) is 17.1 Å². The van der Waals surface area contributed by atoms with Gasteiger partial charge >= 0.3 is 0 Å². The zero-order valence-corrected chi connectivity index (χ0v) is 16.4. The van der Waals surface area contributed by atoms with Gasteiger partial charge in [-0.05, 0) is 52.9 Å². The summed E-state index contributed by atoms with van der Waals surface area (Å²) < 4.78 is 17.0. The molecule has 148 valence electrons. The number of nitriles is 1. The molecular weight excluding hydrogens is 359 g/mol. The van der Waals surface area contributed by atoms with Gasteiger partial charge in [-0.2, -0.15) is 5.26 Å². The summed E-state index contributed by atoms with van der Waals surface area (Å²) in [7, 11) is 2.07. The topological polar surface area (TPSA) is 99.1 Å². The molecule has 2 aromatic rings. The Kier molecular flexibility index (Phi) is 4.23. The lowest BCUT2D eigenvalue weighted by Crippen LogP contribution is -2.37. The van der Waals surface area contributed by atoms with Crippen molar-refractivity contribution in [2.45, 2.75) is 38.3 Å². The van der Waals surface area contributed by atoms with Crippen molar-refractivity contribution < 1.29 is 4.39 Å². The molecule has 2 aliphatic heterocycles. The second kappa shape index (κ2) is 6.38. The number of hydrogen-bond donors (Lipinski definition) is 3. The molecule has 1 aromatic heterocycles. The van der Waals surface area contributed by atoms with Gasteiger partial charge in [0, 0.05) is 12.6 Å². The van der Waals surface area contributed by atoms with Crippen LogP contribution in [0.3, 0.4) is 0 Å². The molecule has 4 rings (SSSR count). The largest absolute Gasteiger partial charge is 0.396 e. The van der Waals surface area contributed by atoms with Crippen LogP contribution in [0.1, 0.15) is 32.3 Å². The standard InChI is InChI=1S/C20H25FN6O/c1-20(2)10-24-19-12(9-22)18(28)15-14(27(19)20)8-13(16(21)17(15)23)25-11-4-6-26(3)7-5-11/h8,11,24-25H,4-7,10,23H2,1-3H3. The van der Waals surface area contributed by atoms with Gasteiger partial charge in [-0.1, -0.05) is 0 Å². The molecule has 0 radical (unpaired) electrons. The van der Waals surface area contributed by atoms with Gasteiger partial charge in [0.2, 0.25) is 5.43 Å². The number of likely N-dealkylation sites (tertiary alicyclic amines) is 1. The predicted octanol–water partition coefficient (Wildman–Crippen LogP) is 2.26. The van der Waals surface area contributed by atoms with Crippen LogP contribution in [0.4, 0.5) is 21.6 Å². The zero-order chi connectivity index (χ0) is 20.2. The Hall–Kier alpha value is -2.79. The Morgan fingerprint density at radius 1 is 1.39 bits per heavy atom. The number of halogens is 1. The first-order valence-corrected chi connectivity index (χ1v) is 9.55. The quantitative estimate of drug-likeness (QED) is 0.687. The van der Waals surface area contributed by atoms with Gasteiger partial charge in [0.1, 0.15) is 17.5 Å². The van der Waals surface area contributed by atoms with Gasteiger partial charge in [0.15, 0.2) is 5.82 Å². The fraction of sp³-hybridized carbons (Fsp3) is 0.500. The molecule has 1 saturated heterocycles. The summed E-state index contributed by atoms with van der Waals surface area (Å²) >= 11 is 0. The number of aromatic nitrogens is 1. The highest BCUT2D eigenvalue weighted by Crippen LogP contribution is 2.38. The molecule has 1 fully saturated rings. The van der Waals surface area contributed by atoms with E-state index < -0.39 is 11.2 Å². The first-order chi connectivity index (χ1) is 13.2. The summed E-state index contributed by atoms with van der Waals surface area (Å²) in [5.74, 6) is -0.155. The Labute approximate surface area is 162 Å². The van der Waals surface area contributed by atoms with Crippen molar-refractivity contribution in [2.75, 3.05) is 43.0 Å². The molecule has 0 unspecified atom stereocenters. The van der Waals surface area contributed by atoms with Crippen molar-refractivity contribution in [1.82, 2.24) is 9.47 Å². The second-order valence-electron chi connectivity index (χ2n) is 8.43. The molecule has 0 bridgehead atoms. The number of hydrogen-bond acceptors (Lipinski definition) is 6. The van der Waals surface area contributed by atoms with E-state index in [0.717, 1.165) is 25.9 Å². The van der Waals surface area contributed by atoms with Crippen molar-refractivity contribution >= 4 is 28.1 Å². The molecule has 0 amide bonds. The molecular formula is C20H25FN6O. The third-order valence-electron chi connectivity index (χ3n) is 5.92. The Morgan fingerprint density at radius 3 is 2.71 bits per heavy atom. The van der Waals surface area contributed by atoms with E-state index in [1.54, 1.807) is 6.07 Å². The number of pyridine rings is 1. The van der Waals surface area contributed by atoms with Crippen molar-refractivity contribution in [3.05, 3.63) is 27.7 Å². The lowest BCUT2D eigenvalue weighted by atomic mass is 10.0. The molecule has 8 heteroatoms. The minimum atomic E-state index is -0.628. The van der Waals surface area contributed by atoms with Crippen LogP contribution in [0.5, 0.6) is 0 Å². The molecule has 2 aliphatic rings. The maximum atomic E-state index is 15.1. The number of benzene rings is 1. The minimum absolute atomic E-state index is 0.0276. The van der Waals surface area contributed by atoms with E-state index in [4.69, 9.17) is 5.73 Å².